The number of ether oxygens (including phenoxy) is 2. The Hall–Kier alpha value is -4.11. The molecular formula is C26H28N4O5. The number of amides is 1. The quantitative estimate of drug-likeness (QED) is 0.324. The topological polar surface area (TPSA) is 108 Å². The van der Waals surface area contributed by atoms with Gasteiger partial charge in [0.2, 0.25) is 0 Å². The molecule has 4 rings (SSSR count). The summed E-state index contributed by atoms with van der Waals surface area (Å²) in [6, 6.07) is 15.3. The molecule has 35 heavy (non-hydrogen) atoms. The van der Waals surface area contributed by atoms with Gasteiger partial charge in [-0.2, -0.15) is 0 Å². The van der Waals surface area contributed by atoms with E-state index in [1.807, 2.05) is 24.3 Å². The van der Waals surface area contributed by atoms with Crippen LogP contribution in [0.25, 0.3) is 11.0 Å². The number of carbonyl (C=O) groups excluding carboxylic acids is 2. The summed E-state index contributed by atoms with van der Waals surface area (Å²) in [5.74, 6) is -0.692. The van der Waals surface area contributed by atoms with Gasteiger partial charge in [-0.1, -0.05) is 37.3 Å². The van der Waals surface area contributed by atoms with Gasteiger partial charge in [0.05, 0.1) is 37.6 Å². The highest BCUT2D eigenvalue weighted by Crippen LogP contribution is 2.33. The molecule has 0 unspecified atom stereocenters. The predicted octanol–water partition coefficient (Wildman–Crippen LogP) is 4.53. The Bertz CT molecular complexity index is 1300. The van der Waals surface area contributed by atoms with E-state index in [1.54, 1.807) is 30.0 Å². The molecule has 4 aromatic rings. The number of rotatable bonds is 10. The Morgan fingerprint density at radius 3 is 2.63 bits per heavy atom. The molecule has 0 aliphatic heterocycles. The van der Waals surface area contributed by atoms with Crippen LogP contribution in [-0.2, 0) is 16.0 Å². The van der Waals surface area contributed by atoms with Gasteiger partial charge in [-0.25, -0.2) is 9.78 Å². The highest BCUT2D eigenvalue weighted by atomic mass is 16.5. The van der Waals surface area contributed by atoms with Crippen LogP contribution in [0.1, 0.15) is 39.4 Å². The summed E-state index contributed by atoms with van der Waals surface area (Å²) < 4.78 is 17.2. The molecule has 3 heterocycles. The number of nitrogens with zero attached hydrogens (tertiary/aromatic N) is 2. The first-order valence-corrected chi connectivity index (χ1v) is 11.3. The van der Waals surface area contributed by atoms with Crippen molar-refractivity contribution < 1.29 is 23.5 Å². The number of benzene rings is 1. The zero-order chi connectivity index (χ0) is 24.8. The van der Waals surface area contributed by atoms with E-state index in [1.165, 1.54) is 18.9 Å². The van der Waals surface area contributed by atoms with Crippen molar-refractivity contribution in [1.82, 2.24) is 9.55 Å². The van der Waals surface area contributed by atoms with Crippen LogP contribution < -0.4 is 10.6 Å². The zero-order valence-corrected chi connectivity index (χ0v) is 19.9. The summed E-state index contributed by atoms with van der Waals surface area (Å²) in [7, 11) is 2.87. The average Bonchev–Trinajstić information content (AvgIpc) is 3.53. The van der Waals surface area contributed by atoms with Gasteiger partial charge in [-0.05, 0) is 29.7 Å². The van der Waals surface area contributed by atoms with Crippen molar-refractivity contribution in [2.24, 2.45) is 0 Å². The van der Waals surface area contributed by atoms with E-state index in [0.29, 0.717) is 36.4 Å². The molecule has 1 atom stereocenters. The van der Waals surface area contributed by atoms with Crippen LogP contribution in [0.5, 0.6) is 0 Å². The molecule has 2 N–H and O–H groups in total. The summed E-state index contributed by atoms with van der Waals surface area (Å²) in [4.78, 5) is 30.3. The lowest BCUT2D eigenvalue weighted by molar-refractivity contribution is 0.0588. The van der Waals surface area contributed by atoms with Crippen LogP contribution in [0.3, 0.4) is 0 Å². The minimum atomic E-state index is -0.596. The van der Waals surface area contributed by atoms with E-state index in [0.717, 1.165) is 5.69 Å². The van der Waals surface area contributed by atoms with Crippen molar-refractivity contribution in [3.63, 3.8) is 0 Å². The highest BCUT2D eigenvalue weighted by molar-refractivity contribution is 6.14. The van der Waals surface area contributed by atoms with Crippen LogP contribution in [0, 0.1) is 0 Å². The Morgan fingerprint density at radius 1 is 1.14 bits per heavy atom. The lowest BCUT2D eigenvalue weighted by atomic mass is 10.0. The summed E-state index contributed by atoms with van der Waals surface area (Å²) in [5.41, 5.74) is 2.99. The van der Waals surface area contributed by atoms with E-state index in [2.05, 4.69) is 34.7 Å². The average molecular weight is 477 g/mol. The number of hydrogen-bond acceptors (Lipinski definition) is 7. The molecule has 1 amide bonds. The van der Waals surface area contributed by atoms with E-state index >= 15 is 0 Å². The molecule has 0 aliphatic carbocycles. The van der Waals surface area contributed by atoms with Gasteiger partial charge in [0.25, 0.3) is 5.91 Å². The van der Waals surface area contributed by atoms with Crippen molar-refractivity contribution in [2.75, 3.05) is 38.0 Å². The minimum absolute atomic E-state index is 0.123. The van der Waals surface area contributed by atoms with Gasteiger partial charge in [-0.15, -0.1) is 0 Å². The second-order valence-corrected chi connectivity index (χ2v) is 8.08. The fraction of sp³-hybridized carbons (Fsp3) is 0.269. The normalized spacial score (nSPS) is 11.9. The number of aromatic nitrogens is 2. The predicted molar refractivity (Wildman–Crippen MR) is 133 cm³/mol. The first kappa shape index (κ1) is 24.0. The lowest BCUT2D eigenvalue weighted by Crippen LogP contribution is -2.18. The number of fused-ring (bicyclic) bond motifs is 1. The van der Waals surface area contributed by atoms with E-state index in [9.17, 15) is 9.59 Å². The number of furan rings is 1. The van der Waals surface area contributed by atoms with Crippen LogP contribution in [0.4, 0.5) is 11.4 Å². The Balaban J connectivity index is 1.73. The van der Waals surface area contributed by atoms with Crippen molar-refractivity contribution in [1.29, 1.82) is 0 Å². The molecule has 0 saturated heterocycles. The third kappa shape index (κ3) is 5.20. The van der Waals surface area contributed by atoms with Gasteiger partial charge in [0.1, 0.15) is 5.65 Å². The molecule has 9 heteroatoms. The minimum Gasteiger partial charge on any atom is -0.464 e. The lowest BCUT2D eigenvalue weighted by Gasteiger charge is -2.14. The third-order valence-corrected chi connectivity index (χ3v) is 5.76. The van der Waals surface area contributed by atoms with Gasteiger partial charge in [0, 0.05) is 25.6 Å². The Labute approximate surface area is 203 Å². The molecule has 0 fully saturated rings. The maximum Gasteiger partial charge on any atom is 0.356 e. The molecule has 182 valence electrons. The standard InChI is InChI=1S/C26H28N4O5/c1-17(18-8-5-4-6-9-18)15-27-19-14-20-22(29-25(31)21-10-7-12-35-21)23(26(32)34-3)30(11-13-33-2)24(20)28-16-19/h4-10,12,14,16-17,27H,11,13,15H2,1-3H3,(H,29,31)/t17-/m1/s1. The van der Waals surface area contributed by atoms with Crippen LogP contribution in [0.15, 0.2) is 65.4 Å². The SMILES string of the molecule is COCCn1c(C(=O)OC)c(NC(=O)c2ccco2)c2cc(NC[C@@H](C)c3ccccc3)cnc21. The summed E-state index contributed by atoms with van der Waals surface area (Å²) in [5, 5.41) is 6.83. The van der Waals surface area contributed by atoms with Gasteiger partial charge in [0.15, 0.2) is 11.5 Å². The highest BCUT2D eigenvalue weighted by Gasteiger charge is 2.27. The molecule has 0 saturated carbocycles. The Kier molecular flexibility index (Phi) is 7.47. The first-order valence-electron chi connectivity index (χ1n) is 11.3. The Morgan fingerprint density at radius 2 is 1.94 bits per heavy atom. The maximum absolute atomic E-state index is 12.8. The third-order valence-electron chi connectivity index (χ3n) is 5.76. The molecular weight excluding hydrogens is 448 g/mol. The van der Waals surface area contributed by atoms with E-state index in [-0.39, 0.29) is 17.4 Å². The number of anilines is 2. The van der Waals surface area contributed by atoms with Gasteiger partial charge in [-0.3, -0.25) is 4.79 Å². The second-order valence-electron chi connectivity index (χ2n) is 8.08. The van der Waals surface area contributed by atoms with Crippen molar-refractivity contribution in [3.8, 4) is 0 Å². The number of carbonyl (C=O) groups is 2. The monoisotopic (exact) mass is 476 g/mol. The van der Waals surface area contributed by atoms with Crippen molar-refractivity contribution in [2.45, 2.75) is 19.4 Å². The summed E-state index contributed by atoms with van der Waals surface area (Å²) in [6.45, 7) is 3.51. The fourth-order valence-electron chi connectivity index (χ4n) is 3.91. The van der Waals surface area contributed by atoms with Crippen LogP contribution >= 0.6 is 0 Å². The molecule has 1 aromatic carbocycles. The van der Waals surface area contributed by atoms with Gasteiger partial charge < -0.3 is 29.1 Å². The molecule has 9 nitrogen and oxygen atoms in total. The second kappa shape index (κ2) is 10.9. The number of esters is 1. The molecule has 0 aliphatic rings. The molecule has 0 radical (unpaired) electrons. The molecule has 0 bridgehead atoms. The number of nitrogens with one attached hydrogen (secondary N) is 2. The summed E-state index contributed by atoms with van der Waals surface area (Å²) in [6.07, 6.45) is 3.12. The smallest absolute Gasteiger partial charge is 0.356 e. The fourth-order valence-corrected chi connectivity index (χ4v) is 3.91. The molecule has 0 spiro atoms. The maximum atomic E-state index is 12.8. The zero-order valence-electron chi connectivity index (χ0n) is 19.9. The largest absolute Gasteiger partial charge is 0.464 e. The number of methoxy groups -OCH3 is 2. The van der Waals surface area contributed by atoms with Crippen molar-refractivity contribution >= 4 is 34.3 Å². The summed E-state index contributed by atoms with van der Waals surface area (Å²) >= 11 is 0. The van der Waals surface area contributed by atoms with E-state index < -0.39 is 11.9 Å². The van der Waals surface area contributed by atoms with Crippen LogP contribution in [-0.4, -0.2) is 48.8 Å². The van der Waals surface area contributed by atoms with Crippen LogP contribution in [0.2, 0.25) is 0 Å². The van der Waals surface area contributed by atoms with Gasteiger partial charge >= 0.3 is 5.97 Å². The van der Waals surface area contributed by atoms with E-state index in [4.69, 9.17) is 13.9 Å². The van der Waals surface area contributed by atoms with Crippen molar-refractivity contribution in [3.05, 3.63) is 78.0 Å². The number of hydrogen-bond donors (Lipinski definition) is 2. The number of pyridine rings is 1. The molecule has 3 aromatic heterocycles. The first-order chi connectivity index (χ1) is 17.0.